The van der Waals surface area contributed by atoms with Gasteiger partial charge in [0.15, 0.2) is 11.5 Å². The summed E-state index contributed by atoms with van der Waals surface area (Å²) in [5.41, 5.74) is 3.81. The van der Waals surface area contributed by atoms with Crippen molar-refractivity contribution in [2.75, 3.05) is 14.2 Å². The fourth-order valence-electron chi connectivity index (χ4n) is 3.49. The van der Waals surface area contributed by atoms with Crippen LogP contribution in [-0.4, -0.2) is 41.9 Å². The quantitative estimate of drug-likeness (QED) is 0.712. The van der Waals surface area contributed by atoms with Crippen molar-refractivity contribution in [1.29, 1.82) is 0 Å². The number of nitrogens with zero attached hydrogens (tertiary/aromatic N) is 2. The van der Waals surface area contributed by atoms with Crippen molar-refractivity contribution < 1.29 is 24.2 Å². The Kier molecular flexibility index (Phi) is 6.72. The third-order valence-electron chi connectivity index (χ3n) is 5.12. The lowest BCUT2D eigenvalue weighted by molar-refractivity contribution is -0.137. The van der Waals surface area contributed by atoms with Crippen LogP contribution in [0.3, 0.4) is 0 Å². The Hall–Kier alpha value is -3.35. The van der Waals surface area contributed by atoms with Gasteiger partial charge in [-0.05, 0) is 36.6 Å². The molecule has 0 radical (unpaired) electrons. The number of aryl methyl sites for hydroxylation is 1. The highest BCUT2D eigenvalue weighted by Gasteiger charge is 2.33. The first kappa shape index (κ1) is 21.4. The molecule has 3 rings (SSSR count). The van der Waals surface area contributed by atoms with E-state index in [0.717, 1.165) is 22.4 Å². The Balaban J connectivity index is 1.90. The molecule has 0 saturated carbocycles. The smallest absolute Gasteiger partial charge is 0.303 e. The molecule has 0 fully saturated rings. The average molecular weight is 410 g/mol. The second kappa shape index (κ2) is 9.43. The summed E-state index contributed by atoms with van der Waals surface area (Å²) in [4.78, 5) is 23.7. The van der Waals surface area contributed by atoms with E-state index in [9.17, 15) is 9.59 Å². The molecular formula is C23H26N2O5. The van der Waals surface area contributed by atoms with Gasteiger partial charge in [-0.1, -0.05) is 35.9 Å². The van der Waals surface area contributed by atoms with Crippen LogP contribution in [0.25, 0.3) is 0 Å². The third-order valence-corrected chi connectivity index (χ3v) is 5.12. The number of methoxy groups -OCH3 is 2. The lowest BCUT2D eigenvalue weighted by Crippen LogP contribution is -2.27. The van der Waals surface area contributed by atoms with Crippen molar-refractivity contribution in [3.8, 4) is 11.5 Å². The van der Waals surface area contributed by atoms with Crippen molar-refractivity contribution in [3.05, 3.63) is 59.2 Å². The maximum atomic E-state index is 12.9. The molecule has 1 N–H and O–H groups in total. The van der Waals surface area contributed by atoms with Gasteiger partial charge in [0.1, 0.15) is 0 Å². The molecule has 1 amide bonds. The summed E-state index contributed by atoms with van der Waals surface area (Å²) in [6.45, 7) is 2.02. The molecule has 0 bridgehead atoms. The van der Waals surface area contributed by atoms with E-state index in [1.54, 1.807) is 14.2 Å². The van der Waals surface area contributed by atoms with E-state index >= 15 is 0 Å². The Morgan fingerprint density at radius 2 is 1.77 bits per heavy atom. The van der Waals surface area contributed by atoms with E-state index in [1.807, 2.05) is 49.4 Å². The fourth-order valence-corrected chi connectivity index (χ4v) is 3.49. The van der Waals surface area contributed by atoms with Gasteiger partial charge >= 0.3 is 5.97 Å². The second-order valence-corrected chi connectivity index (χ2v) is 7.23. The zero-order chi connectivity index (χ0) is 21.7. The Bertz CT molecular complexity index is 953. The molecule has 0 unspecified atom stereocenters. The molecule has 1 aliphatic rings. The van der Waals surface area contributed by atoms with E-state index in [4.69, 9.17) is 14.6 Å². The van der Waals surface area contributed by atoms with Crippen LogP contribution in [0.2, 0.25) is 0 Å². The number of ether oxygens (including phenoxy) is 2. The molecule has 0 saturated heterocycles. The number of aliphatic carboxylic acids is 1. The largest absolute Gasteiger partial charge is 0.493 e. The molecular weight excluding hydrogens is 384 g/mol. The van der Waals surface area contributed by atoms with Crippen LogP contribution in [-0.2, 0) is 9.59 Å². The van der Waals surface area contributed by atoms with Crippen molar-refractivity contribution in [1.82, 2.24) is 5.01 Å². The normalized spacial score (nSPS) is 15.6. The Labute approximate surface area is 175 Å². The molecule has 7 heteroatoms. The van der Waals surface area contributed by atoms with Gasteiger partial charge in [-0.3, -0.25) is 9.59 Å². The van der Waals surface area contributed by atoms with Gasteiger partial charge in [-0.15, -0.1) is 0 Å². The van der Waals surface area contributed by atoms with Crippen molar-refractivity contribution in [2.24, 2.45) is 5.10 Å². The summed E-state index contributed by atoms with van der Waals surface area (Å²) < 4.78 is 10.7. The molecule has 1 atom stereocenters. The van der Waals surface area contributed by atoms with Crippen molar-refractivity contribution >= 4 is 17.6 Å². The average Bonchev–Trinajstić information content (AvgIpc) is 3.19. The number of carboxylic acids is 1. The molecule has 1 heterocycles. The number of amides is 1. The summed E-state index contributed by atoms with van der Waals surface area (Å²) in [6.07, 6.45) is 0.915. The zero-order valence-electron chi connectivity index (χ0n) is 17.4. The highest BCUT2D eigenvalue weighted by Crippen LogP contribution is 2.37. The maximum absolute atomic E-state index is 12.9. The van der Waals surface area contributed by atoms with Gasteiger partial charge < -0.3 is 14.6 Å². The number of hydrogen-bond donors (Lipinski definition) is 1. The predicted octanol–water partition coefficient (Wildman–Crippen LogP) is 3.94. The summed E-state index contributed by atoms with van der Waals surface area (Å²) in [6, 6.07) is 13.3. The minimum absolute atomic E-state index is 0.0465. The van der Waals surface area contributed by atoms with Crippen molar-refractivity contribution in [2.45, 2.75) is 38.6 Å². The van der Waals surface area contributed by atoms with Crippen LogP contribution >= 0.6 is 0 Å². The second-order valence-electron chi connectivity index (χ2n) is 7.23. The monoisotopic (exact) mass is 410 g/mol. The minimum atomic E-state index is -0.912. The SMILES string of the molecule is COc1ccc([C@H]2CC(c3ccc(C)cc3)=NN2C(=O)CCCC(=O)O)cc1OC. The summed E-state index contributed by atoms with van der Waals surface area (Å²) in [5.74, 6) is 0.0815. The number of carbonyl (C=O) groups is 2. The lowest BCUT2D eigenvalue weighted by atomic mass is 9.97. The summed E-state index contributed by atoms with van der Waals surface area (Å²) >= 11 is 0. The minimum Gasteiger partial charge on any atom is -0.493 e. The molecule has 0 spiro atoms. The van der Waals surface area contributed by atoms with Gasteiger partial charge in [0, 0.05) is 19.3 Å². The number of carboxylic acid groups (broad SMARTS) is 1. The number of carbonyl (C=O) groups excluding carboxylic acids is 1. The number of hydrazone groups is 1. The van der Waals surface area contributed by atoms with Crippen LogP contribution < -0.4 is 9.47 Å². The molecule has 7 nitrogen and oxygen atoms in total. The molecule has 2 aromatic rings. The Morgan fingerprint density at radius 3 is 2.40 bits per heavy atom. The zero-order valence-corrected chi connectivity index (χ0v) is 17.4. The third kappa shape index (κ3) is 4.79. The van der Waals surface area contributed by atoms with Gasteiger partial charge in [0.25, 0.3) is 0 Å². The van der Waals surface area contributed by atoms with E-state index in [-0.39, 0.29) is 31.2 Å². The lowest BCUT2D eigenvalue weighted by Gasteiger charge is -2.23. The van der Waals surface area contributed by atoms with E-state index in [0.29, 0.717) is 17.9 Å². The first-order chi connectivity index (χ1) is 14.4. The highest BCUT2D eigenvalue weighted by atomic mass is 16.5. The van der Waals surface area contributed by atoms with Gasteiger partial charge in [-0.25, -0.2) is 5.01 Å². The van der Waals surface area contributed by atoms with E-state index < -0.39 is 5.97 Å². The first-order valence-corrected chi connectivity index (χ1v) is 9.83. The fraction of sp³-hybridized carbons (Fsp3) is 0.348. The van der Waals surface area contributed by atoms with Crippen molar-refractivity contribution in [3.63, 3.8) is 0 Å². The first-order valence-electron chi connectivity index (χ1n) is 9.83. The maximum Gasteiger partial charge on any atom is 0.303 e. The summed E-state index contributed by atoms with van der Waals surface area (Å²) in [7, 11) is 3.14. The van der Waals surface area contributed by atoms with Crippen LogP contribution in [0, 0.1) is 6.92 Å². The molecule has 0 aromatic heterocycles. The van der Waals surface area contributed by atoms with Crippen LogP contribution in [0.5, 0.6) is 11.5 Å². The Morgan fingerprint density at radius 1 is 1.07 bits per heavy atom. The highest BCUT2D eigenvalue weighted by molar-refractivity contribution is 6.03. The number of rotatable bonds is 8. The van der Waals surface area contributed by atoms with Gasteiger partial charge in [0.05, 0.1) is 26.0 Å². The standard InChI is InChI=1S/C23H26N2O5/c1-15-7-9-16(10-8-15)18-14-19(17-11-12-20(29-2)21(13-17)30-3)25(24-18)22(26)5-4-6-23(27)28/h7-13,19H,4-6,14H2,1-3H3,(H,27,28)/t19-/m1/s1. The van der Waals surface area contributed by atoms with Crippen LogP contribution in [0.4, 0.5) is 0 Å². The van der Waals surface area contributed by atoms with Gasteiger partial charge in [0.2, 0.25) is 5.91 Å². The van der Waals surface area contributed by atoms with Crippen LogP contribution in [0.15, 0.2) is 47.6 Å². The molecule has 1 aliphatic heterocycles. The van der Waals surface area contributed by atoms with Crippen LogP contribution in [0.1, 0.15) is 48.4 Å². The number of hydrogen-bond acceptors (Lipinski definition) is 5. The summed E-state index contributed by atoms with van der Waals surface area (Å²) in [5, 5.41) is 15.0. The van der Waals surface area contributed by atoms with E-state index in [2.05, 4.69) is 5.10 Å². The molecule has 0 aliphatic carbocycles. The topological polar surface area (TPSA) is 88.4 Å². The molecule has 2 aromatic carbocycles. The predicted molar refractivity (Wildman–Crippen MR) is 113 cm³/mol. The molecule has 30 heavy (non-hydrogen) atoms. The van der Waals surface area contributed by atoms with E-state index in [1.165, 1.54) is 5.01 Å². The van der Waals surface area contributed by atoms with Gasteiger partial charge in [-0.2, -0.15) is 5.10 Å². The molecule has 158 valence electrons. The number of benzene rings is 2.